The molecule has 2 N–H and O–H groups in total. The number of carbonyl (C=O) groups is 3. The Balaban J connectivity index is 1.78. The van der Waals surface area contributed by atoms with Gasteiger partial charge >= 0.3 is 6.03 Å². The van der Waals surface area contributed by atoms with Gasteiger partial charge in [-0.1, -0.05) is 19.1 Å². The Bertz CT molecular complexity index is 885. The van der Waals surface area contributed by atoms with Crippen LogP contribution in [-0.2, 0) is 16.8 Å². The maximum absolute atomic E-state index is 12.4. The normalized spacial score (nSPS) is 19.6. The maximum atomic E-state index is 12.4. The molecule has 1 atom stereocenters. The minimum absolute atomic E-state index is 0.290. The van der Waals surface area contributed by atoms with E-state index in [1.165, 1.54) is 7.05 Å². The summed E-state index contributed by atoms with van der Waals surface area (Å²) in [7, 11) is 1.44. The summed E-state index contributed by atoms with van der Waals surface area (Å²) < 4.78 is 5.55. The molecule has 7 nitrogen and oxygen atoms in total. The van der Waals surface area contributed by atoms with Crippen LogP contribution in [0.25, 0.3) is 0 Å². The summed E-state index contributed by atoms with van der Waals surface area (Å²) in [6.07, 6.45) is 0.718. The molecule has 0 bridgehead atoms. The molecule has 1 aliphatic heterocycles. The molecular formula is C19H21N3O4. The summed E-state index contributed by atoms with van der Waals surface area (Å²) in [6.45, 7) is 5.44. The molecule has 4 amide bonds. The Kier molecular flexibility index (Phi) is 4.31. The maximum Gasteiger partial charge on any atom is 0.325 e. The minimum Gasteiger partial charge on any atom is -0.456 e. The van der Waals surface area contributed by atoms with Crippen LogP contribution >= 0.6 is 0 Å². The number of hydrogen-bond acceptors (Lipinski definition) is 4. The predicted molar refractivity (Wildman–Crippen MR) is 95.9 cm³/mol. The summed E-state index contributed by atoms with van der Waals surface area (Å²) in [5.74, 6) is 0.400. The van der Waals surface area contributed by atoms with E-state index in [1.54, 1.807) is 31.2 Å². The Hall–Kier alpha value is -3.09. The number of rotatable bonds is 4. The van der Waals surface area contributed by atoms with Crippen molar-refractivity contribution in [3.63, 3.8) is 0 Å². The van der Waals surface area contributed by atoms with Crippen molar-refractivity contribution in [2.45, 2.75) is 32.7 Å². The van der Waals surface area contributed by atoms with Gasteiger partial charge in [-0.15, -0.1) is 0 Å². The summed E-state index contributed by atoms with van der Waals surface area (Å²) in [6, 6.07) is 8.21. The van der Waals surface area contributed by atoms with E-state index in [2.05, 4.69) is 10.6 Å². The molecule has 136 valence electrons. The third-order valence-corrected chi connectivity index (χ3v) is 4.64. The Labute approximate surface area is 151 Å². The molecule has 0 spiro atoms. The van der Waals surface area contributed by atoms with E-state index < -0.39 is 11.6 Å². The van der Waals surface area contributed by atoms with Crippen molar-refractivity contribution in [3.05, 3.63) is 53.0 Å². The van der Waals surface area contributed by atoms with Crippen LogP contribution in [0.3, 0.4) is 0 Å². The van der Waals surface area contributed by atoms with E-state index in [0.717, 1.165) is 22.6 Å². The van der Waals surface area contributed by atoms with Crippen LogP contribution in [0, 0.1) is 6.92 Å². The molecule has 0 saturated carbocycles. The highest BCUT2D eigenvalue weighted by Crippen LogP contribution is 2.29. The number of hydrogen-bond donors (Lipinski definition) is 2. The zero-order chi connectivity index (χ0) is 19.1. The van der Waals surface area contributed by atoms with E-state index >= 15 is 0 Å². The lowest BCUT2D eigenvalue weighted by atomic mass is 9.92. The van der Waals surface area contributed by atoms with Gasteiger partial charge in [-0.3, -0.25) is 14.5 Å². The lowest BCUT2D eigenvalue weighted by molar-refractivity contribution is -0.130. The highest BCUT2D eigenvalue weighted by molar-refractivity contribution is 6.07. The van der Waals surface area contributed by atoms with Crippen molar-refractivity contribution in [1.29, 1.82) is 0 Å². The van der Waals surface area contributed by atoms with Crippen molar-refractivity contribution < 1.29 is 18.8 Å². The molecule has 1 unspecified atom stereocenters. The number of amides is 4. The third-order valence-electron chi connectivity index (χ3n) is 4.64. The summed E-state index contributed by atoms with van der Waals surface area (Å²) in [5, 5.41) is 5.46. The Morgan fingerprint density at radius 2 is 1.92 bits per heavy atom. The van der Waals surface area contributed by atoms with Gasteiger partial charge in [0.1, 0.15) is 11.3 Å². The monoisotopic (exact) mass is 355 g/mol. The second-order valence-electron chi connectivity index (χ2n) is 6.53. The topological polar surface area (TPSA) is 91.7 Å². The molecule has 3 rings (SSSR count). The molecule has 1 aromatic carbocycles. The van der Waals surface area contributed by atoms with Crippen molar-refractivity contribution in [3.8, 4) is 0 Å². The van der Waals surface area contributed by atoms with Gasteiger partial charge in [-0.25, -0.2) is 4.79 Å². The molecule has 2 aromatic rings. The third kappa shape index (κ3) is 2.85. The first-order valence-corrected chi connectivity index (χ1v) is 8.37. The molecule has 1 fully saturated rings. The Morgan fingerprint density at radius 1 is 1.27 bits per heavy atom. The first kappa shape index (κ1) is 17.7. The highest BCUT2D eigenvalue weighted by Gasteiger charge is 2.47. The molecule has 26 heavy (non-hydrogen) atoms. The van der Waals surface area contributed by atoms with Crippen LogP contribution in [-0.4, -0.2) is 29.8 Å². The lowest BCUT2D eigenvalue weighted by Gasteiger charge is -2.21. The fourth-order valence-corrected chi connectivity index (χ4v) is 3.00. The van der Waals surface area contributed by atoms with Crippen LogP contribution in [0.1, 0.15) is 41.3 Å². The number of anilines is 1. The number of imide groups is 1. The van der Waals surface area contributed by atoms with Crippen molar-refractivity contribution in [2.24, 2.45) is 0 Å². The van der Waals surface area contributed by atoms with E-state index in [0.29, 0.717) is 11.3 Å². The molecule has 1 aromatic heterocycles. The van der Waals surface area contributed by atoms with Gasteiger partial charge in [-0.05, 0) is 37.6 Å². The lowest BCUT2D eigenvalue weighted by Crippen LogP contribution is -2.40. The quantitative estimate of drug-likeness (QED) is 0.825. The number of benzene rings is 1. The second-order valence-corrected chi connectivity index (χ2v) is 6.53. The standard InChI is InChI=1S/C19H21N3O4/c1-5-14-10-11(2)15(26-14)16(23)20-13-8-6-12(7-9-13)19(3)17(24)22(4)18(25)21-19/h6-10H,5H2,1-4H3,(H,20,23)(H,21,25). The number of carbonyl (C=O) groups excluding carboxylic acids is 3. The van der Waals surface area contributed by atoms with Crippen LogP contribution in [0.15, 0.2) is 34.7 Å². The number of urea groups is 1. The summed E-state index contributed by atoms with van der Waals surface area (Å²) in [5.41, 5.74) is 0.884. The van der Waals surface area contributed by atoms with Gasteiger partial charge in [0.2, 0.25) is 0 Å². The van der Waals surface area contributed by atoms with Gasteiger partial charge in [0.15, 0.2) is 5.76 Å². The largest absolute Gasteiger partial charge is 0.456 e. The minimum atomic E-state index is -1.11. The van der Waals surface area contributed by atoms with Gasteiger partial charge in [-0.2, -0.15) is 0 Å². The van der Waals surface area contributed by atoms with E-state index in [9.17, 15) is 14.4 Å². The van der Waals surface area contributed by atoms with E-state index in [4.69, 9.17) is 4.42 Å². The molecule has 0 aliphatic carbocycles. The van der Waals surface area contributed by atoms with Crippen molar-refractivity contribution in [2.75, 3.05) is 12.4 Å². The van der Waals surface area contributed by atoms with Crippen LogP contribution in [0.2, 0.25) is 0 Å². The first-order chi connectivity index (χ1) is 12.3. The molecule has 1 saturated heterocycles. The zero-order valence-electron chi connectivity index (χ0n) is 15.2. The van der Waals surface area contributed by atoms with Gasteiger partial charge in [0.25, 0.3) is 11.8 Å². The first-order valence-electron chi connectivity index (χ1n) is 8.37. The average molecular weight is 355 g/mol. The smallest absolute Gasteiger partial charge is 0.325 e. The highest BCUT2D eigenvalue weighted by atomic mass is 16.4. The van der Waals surface area contributed by atoms with Crippen LogP contribution in [0.5, 0.6) is 0 Å². The number of nitrogens with zero attached hydrogens (tertiary/aromatic N) is 1. The fourth-order valence-electron chi connectivity index (χ4n) is 3.00. The molecule has 0 radical (unpaired) electrons. The molecule has 7 heteroatoms. The van der Waals surface area contributed by atoms with E-state index in [1.807, 2.05) is 19.9 Å². The number of furan rings is 1. The summed E-state index contributed by atoms with van der Waals surface area (Å²) >= 11 is 0. The van der Waals surface area contributed by atoms with Crippen molar-refractivity contribution >= 4 is 23.5 Å². The average Bonchev–Trinajstić information content (AvgIpc) is 3.09. The Morgan fingerprint density at radius 3 is 2.42 bits per heavy atom. The van der Waals surface area contributed by atoms with Crippen LogP contribution in [0.4, 0.5) is 10.5 Å². The summed E-state index contributed by atoms with van der Waals surface area (Å²) in [4.78, 5) is 37.5. The van der Waals surface area contributed by atoms with Crippen LogP contribution < -0.4 is 10.6 Å². The SMILES string of the molecule is CCc1cc(C)c(C(=O)Nc2ccc(C3(C)NC(=O)N(C)C3=O)cc2)o1. The molecule has 2 heterocycles. The predicted octanol–water partition coefficient (Wildman–Crippen LogP) is 2.80. The van der Waals surface area contributed by atoms with Gasteiger partial charge < -0.3 is 15.1 Å². The zero-order valence-corrected chi connectivity index (χ0v) is 15.2. The number of likely N-dealkylation sites (N-methyl/N-ethyl adjacent to an activating group) is 1. The van der Waals surface area contributed by atoms with Crippen molar-refractivity contribution in [1.82, 2.24) is 10.2 Å². The number of aryl methyl sites for hydroxylation is 2. The fraction of sp³-hybridized carbons (Fsp3) is 0.316. The van der Waals surface area contributed by atoms with Gasteiger partial charge in [0, 0.05) is 24.7 Å². The molecular weight excluding hydrogens is 334 g/mol. The van der Waals surface area contributed by atoms with E-state index in [-0.39, 0.29) is 17.6 Å². The number of nitrogens with one attached hydrogen (secondary N) is 2. The second kappa shape index (κ2) is 6.33. The van der Waals surface area contributed by atoms with Gasteiger partial charge in [0.05, 0.1) is 0 Å². The molecule has 1 aliphatic rings.